The van der Waals surface area contributed by atoms with E-state index < -0.39 is 23.7 Å². The second-order valence-corrected chi connectivity index (χ2v) is 11.7. The van der Waals surface area contributed by atoms with Gasteiger partial charge in [-0.2, -0.15) is 12.6 Å². The van der Waals surface area contributed by atoms with Crippen LogP contribution in [0.1, 0.15) is 49.0 Å². The maximum Gasteiger partial charge on any atom is 0.329 e. The van der Waals surface area contributed by atoms with Crippen LogP contribution in [0.5, 0.6) is 0 Å². The summed E-state index contributed by atoms with van der Waals surface area (Å²) in [5, 5.41) is 9.07. The minimum absolute atomic E-state index is 0.00584. The molecule has 4 bridgehead atoms. The van der Waals surface area contributed by atoms with Gasteiger partial charge in [-0.05, 0) is 24.0 Å². The van der Waals surface area contributed by atoms with E-state index in [1.807, 2.05) is 43.5 Å². The van der Waals surface area contributed by atoms with Crippen molar-refractivity contribution in [3.63, 3.8) is 0 Å². The van der Waals surface area contributed by atoms with E-state index in [1.54, 1.807) is 6.92 Å². The molecule has 2 aromatic rings. The normalized spacial score (nSPS) is 25.2. The van der Waals surface area contributed by atoms with Crippen LogP contribution >= 0.6 is 35.7 Å². The molecule has 2 amide bonds. The number of thiazole rings is 1. The van der Waals surface area contributed by atoms with Crippen LogP contribution in [-0.4, -0.2) is 51.2 Å². The average molecular weight is 547 g/mol. The number of aliphatic imine (C=N–C) groups is 1. The maximum absolute atomic E-state index is 13.3. The molecule has 0 aliphatic carbocycles. The first kappa shape index (κ1) is 26.7. The molecule has 0 spiro atoms. The topological polar surface area (TPSA) is 110 Å². The molecule has 3 heterocycles. The lowest BCUT2D eigenvalue weighted by Crippen LogP contribution is -2.53. The van der Waals surface area contributed by atoms with Crippen molar-refractivity contribution in [2.45, 2.75) is 63.6 Å². The highest BCUT2D eigenvalue weighted by molar-refractivity contribution is 8.14. The standard InChI is InChI=1S/C25H30N4O4S3/c1-14(2)21-23(31)33-17(8-15-5-4-6-16(7-15)11-34)9-19(30)26-10-20-27-18(12-35-20)22-29-25(3,13-36-22)24(32)28-21/h4-7,12,14,17,21,34H,8-11,13H2,1-3H3,(H,26,30)(H,28,32)/t17-,21+,25+/m1/s1. The summed E-state index contributed by atoms with van der Waals surface area (Å²) in [4.78, 5) is 48.7. The number of carbonyl (C=O) groups excluding carboxylic acids is 3. The summed E-state index contributed by atoms with van der Waals surface area (Å²) in [6.07, 6.45) is -0.343. The highest BCUT2D eigenvalue weighted by Gasteiger charge is 2.41. The Morgan fingerprint density at radius 2 is 2.03 bits per heavy atom. The van der Waals surface area contributed by atoms with E-state index >= 15 is 0 Å². The molecule has 36 heavy (non-hydrogen) atoms. The molecule has 192 valence electrons. The van der Waals surface area contributed by atoms with Gasteiger partial charge in [0.05, 0.1) is 13.0 Å². The first-order chi connectivity index (χ1) is 17.2. The van der Waals surface area contributed by atoms with Gasteiger partial charge in [-0.15, -0.1) is 23.1 Å². The van der Waals surface area contributed by atoms with Crippen LogP contribution in [-0.2, 0) is 37.8 Å². The van der Waals surface area contributed by atoms with E-state index in [-0.39, 0.29) is 30.7 Å². The molecular weight excluding hydrogens is 517 g/mol. The number of rotatable bonds is 4. The number of amides is 2. The smallest absolute Gasteiger partial charge is 0.329 e. The van der Waals surface area contributed by atoms with Gasteiger partial charge in [0, 0.05) is 23.3 Å². The number of hydrogen-bond acceptors (Lipinski definition) is 9. The van der Waals surface area contributed by atoms with Crippen LogP contribution in [0.3, 0.4) is 0 Å². The molecular formula is C25H30N4O4S3. The van der Waals surface area contributed by atoms with E-state index in [4.69, 9.17) is 4.74 Å². The van der Waals surface area contributed by atoms with Crippen LogP contribution in [0, 0.1) is 5.92 Å². The lowest BCUT2D eigenvalue weighted by atomic mass is 9.99. The summed E-state index contributed by atoms with van der Waals surface area (Å²) in [5.74, 6) is -0.329. The van der Waals surface area contributed by atoms with Gasteiger partial charge in [-0.1, -0.05) is 38.1 Å². The lowest BCUT2D eigenvalue weighted by molar-refractivity contribution is -0.155. The number of esters is 1. The Kier molecular flexibility index (Phi) is 8.41. The molecule has 2 aliphatic heterocycles. The largest absolute Gasteiger partial charge is 0.460 e. The quantitative estimate of drug-likeness (QED) is 0.402. The van der Waals surface area contributed by atoms with Crippen molar-refractivity contribution in [1.29, 1.82) is 0 Å². The molecule has 0 radical (unpaired) electrons. The van der Waals surface area contributed by atoms with Gasteiger partial charge in [0.1, 0.15) is 33.4 Å². The third-order valence-corrected chi connectivity index (χ3v) is 8.57. The second kappa shape index (κ2) is 11.4. The van der Waals surface area contributed by atoms with E-state index in [1.165, 1.54) is 23.1 Å². The Labute approximate surface area is 224 Å². The van der Waals surface area contributed by atoms with E-state index in [2.05, 4.69) is 33.2 Å². The van der Waals surface area contributed by atoms with Crippen molar-refractivity contribution in [3.8, 4) is 0 Å². The van der Waals surface area contributed by atoms with Gasteiger partial charge in [-0.3, -0.25) is 14.6 Å². The second-order valence-electron chi connectivity index (χ2n) is 9.52. The molecule has 1 aromatic carbocycles. The molecule has 3 atom stereocenters. The van der Waals surface area contributed by atoms with Gasteiger partial charge in [0.25, 0.3) is 0 Å². The van der Waals surface area contributed by atoms with Gasteiger partial charge in [-0.25, -0.2) is 9.78 Å². The molecule has 2 N–H and O–H groups in total. The third kappa shape index (κ3) is 6.30. The minimum atomic E-state index is -1.02. The Hall–Kier alpha value is -2.37. The number of cyclic esters (lactones) is 1. The van der Waals surface area contributed by atoms with Crippen molar-refractivity contribution in [3.05, 3.63) is 51.5 Å². The SMILES string of the molecule is CC(C)[C@@H]1NC(=O)[C@]2(C)CSC(=N2)c2csc(n2)CNC(=O)C[C@@H](Cc2cccc(CS)c2)OC1=O. The van der Waals surface area contributed by atoms with Gasteiger partial charge < -0.3 is 15.4 Å². The maximum atomic E-state index is 13.3. The molecule has 0 fully saturated rings. The molecule has 2 aliphatic rings. The van der Waals surface area contributed by atoms with E-state index in [9.17, 15) is 14.4 Å². The summed E-state index contributed by atoms with van der Waals surface area (Å²) < 4.78 is 5.87. The fourth-order valence-electron chi connectivity index (χ4n) is 3.99. The third-order valence-electron chi connectivity index (χ3n) is 6.08. The van der Waals surface area contributed by atoms with Crippen LogP contribution in [0.25, 0.3) is 0 Å². The molecule has 8 nitrogen and oxygen atoms in total. The Morgan fingerprint density at radius 3 is 2.78 bits per heavy atom. The summed E-state index contributed by atoms with van der Waals surface area (Å²) in [5.41, 5.74) is 1.65. The first-order valence-corrected chi connectivity index (χ1v) is 14.3. The number of carbonyl (C=O) groups is 3. The summed E-state index contributed by atoms with van der Waals surface area (Å²) in [6.45, 7) is 5.72. The Balaban J connectivity index is 1.63. The van der Waals surface area contributed by atoms with Crippen molar-refractivity contribution in [1.82, 2.24) is 15.6 Å². The predicted octanol–water partition coefficient (Wildman–Crippen LogP) is 3.14. The van der Waals surface area contributed by atoms with Crippen molar-refractivity contribution >= 4 is 58.6 Å². The number of hydrogen-bond donors (Lipinski definition) is 3. The highest BCUT2D eigenvalue weighted by atomic mass is 32.2. The van der Waals surface area contributed by atoms with Gasteiger partial charge >= 0.3 is 5.97 Å². The Morgan fingerprint density at radius 1 is 1.25 bits per heavy atom. The number of ether oxygens (including phenoxy) is 1. The number of fused-ring (bicyclic) bond motifs is 4. The number of nitrogens with zero attached hydrogens (tertiary/aromatic N) is 2. The number of nitrogens with one attached hydrogen (secondary N) is 2. The molecule has 0 unspecified atom stereocenters. The fourth-order valence-corrected chi connectivity index (χ4v) is 6.12. The zero-order valence-corrected chi connectivity index (χ0v) is 23.0. The monoisotopic (exact) mass is 546 g/mol. The average Bonchev–Trinajstić information content (AvgIpc) is 3.47. The van der Waals surface area contributed by atoms with Crippen LogP contribution in [0.2, 0.25) is 0 Å². The number of benzene rings is 1. The van der Waals surface area contributed by atoms with Crippen LogP contribution in [0.4, 0.5) is 0 Å². The van der Waals surface area contributed by atoms with Gasteiger partial charge in [0.2, 0.25) is 11.8 Å². The molecule has 1 aromatic heterocycles. The number of aromatic nitrogens is 1. The summed E-state index contributed by atoms with van der Waals surface area (Å²) >= 11 is 7.23. The van der Waals surface area contributed by atoms with Crippen molar-refractivity contribution in [2.24, 2.45) is 10.9 Å². The van der Waals surface area contributed by atoms with Crippen LogP contribution in [0.15, 0.2) is 34.6 Å². The van der Waals surface area contributed by atoms with E-state index in [0.717, 1.165) is 16.1 Å². The fraction of sp³-hybridized carbons (Fsp3) is 0.480. The molecule has 0 saturated carbocycles. The van der Waals surface area contributed by atoms with Crippen LogP contribution < -0.4 is 10.6 Å². The predicted molar refractivity (Wildman–Crippen MR) is 145 cm³/mol. The first-order valence-electron chi connectivity index (χ1n) is 11.8. The Bertz CT molecular complexity index is 1180. The molecule has 0 saturated heterocycles. The summed E-state index contributed by atoms with van der Waals surface area (Å²) in [7, 11) is 0. The molecule has 4 rings (SSSR count). The highest BCUT2D eigenvalue weighted by Crippen LogP contribution is 2.32. The van der Waals surface area contributed by atoms with Gasteiger partial charge in [0.15, 0.2) is 0 Å². The van der Waals surface area contributed by atoms with Crippen molar-refractivity contribution < 1.29 is 19.1 Å². The number of thioether (sulfide) groups is 1. The molecule has 11 heteroatoms. The summed E-state index contributed by atoms with van der Waals surface area (Å²) in [6, 6.07) is 6.95. The zero-order valence-electron chi connectivity index (χ0n) is 20.4. The number of thiol groups is 1. The lowest BCUT2D eigenvalue weighted by Gasteiger charge is -2.27. The van der Waals surface area contributed by atoms with Crippen molar-refractivity contribution in [2.75, 3.05) is 5.75 Å². The zero-order chi connectivity index (χ0) is 25.9. The van der Waals surface area contributed by atoms with E-state index in [0.29, 0.717) is 28.7 Å². The minimum Gasteiger partial charge on any atom is -0.460 e.